The third-order valence-corrected chi connectivity index (χ3v) is 3.83. The topological polar surface area (TPSA) is 19.4 Å². The van der Waals surface area contributed by atoms with Crippen LogP contribution >= 0.6 is 0 Å². The number of rotatable bonds is 4. The van der Waals surface area contributed by atoms with Gasteiger partial charge < -0.3 is 9.80 Å². The molecule has 0 N–H and O–H groups in total. The molecule has 0 aliphatic carbocycles. The van der Waals surface area contributed by atoms with E-state index in [0.29, 0.717) is 11.9 Å². The Balaban J connectivity index is 1.96. The van der Waals surface area contributed by atoms with Crippen molar-refractivity contribution in [3.05, 3.63) is 24.1 Å². The van der Waals surface area contributed by atoms with Crippen molar-refractivity contribution in [1.82, 2.24) is 9.88 Å². The third kappa shape index (κ3) is 2.80. The van der Waals surface area contributed by atoms with Crippen molar-refractivity contribution in [1.29, 1.82) is 0 Å². The second kappa shape index (κ2) is 6.14. The molecule has 2 rings (SSSR count). The number of anilines is 1. The van der Waals surface area contributed by atoms with Crippen molar-refractivity contribution in [2.24, 2.45) is 0 Å². The second-order valence-electron chi connectivity index (χ2n) is 4.75. The summed E-state index contributed by atoms with van der Waals surface area (Å²) in [7, 11) is 0. The van der Waals surface area contributed by atoms with Crippen LogP contribution in [0.2, 0.25) is 0 Å². The third-order valence-electron chi connectivity index (χ3n) is 3.83. The molecule has 1 aliphatic heterocycles. The number of piperidine rings is 1. The van der Waals surface area contributed by atoms with Crippen molar-refractivity contribution in [2.45, 2.75) is 32.7 Å². The van der Waals surface area contributed by atoms with Gasteiger partial charge in [0.15, 0.2) is 11.6 Å². The number of halogens is 1. The first-order valence-electron chi connectivity index (χ1n) is 6.85. The molecule has 4 heteroatoms. The van der Waals surface area contributed by atoms with E-state index in [1.807, 2.05) is 0 Å². The maximum absolute atomic E-state index is 13.6. The van der Waals surface area contributed by atoms with Crippen LogP contribution < -0.4 is 4.90 Å². The van der Waals surface area contributed by atoms with Crippen molar-refractivity contribution in [3.8, 4) is 0 Å². The molecule has 1 fully saturated rings. The fraction of sp³-hybridized carbons (Fsp3) is 0.643. The Morgan fingerprint density at radius 3 is 2.56 bits per heavy atom. The smallest absolute Gasteiger partial charge is 0.165 e. The molecule has 0 spiro atoms. The summed E-state index contributed by atoms with van der Waals surface area (Å²) in [5, 5.41) is 0. The van der Waals surface area contributed by atoms with E-state index in [4.69, 9.17) is 0 Å². The number of aromatic nitrogens is 1. The van der Waals surface area contributed by atoms with Crippen LogP contribution in [0.5, 0.6) is 0 Å². The summed E-state index contributed by atoms with van der Waals surface area (Å²) in [6.07, 6.45) is 3.85. The summed E-state index contributed by atoms with van der Waals surface area (Å²) in [5.41, 5.74) is 0. The second-order valence-corrected chi connectivity index (χ2v) is 4.75. The first-order valence-corrected chi connectivity index (χ1v) is 6.85. The molecule has 1 saturated heterocycles. The molecule has 2 heterocycles. The standard InChI is InChI=1S/C14H22FN3/c1-3-17(4-2)12-7-10-18(11-8-12)14-13(15)6-5-9-16-14/h5-6,9,12H,3-4,7-8,10-11H2,1-2H3. The summed E-state index contributed by atoms with van der Waals surface area (Å²) in [6, 6.07) is 3.77. The van der Waals surface area contributed by atoms with E-state index in [9.17, 15) is 4.39 Å². The number of hydrogen-bond acceptors (Lipinski definition) is 3. The van der Waals surface area contributed by atoms with Crippen LogP contribution in [0, 0.1) is 5.82 Å². The van der Waals surface area contributed by atoms with Gasteiger partial charge in [0.2, 0.25) is 0 Å². The molecule has 1 aromatic rings. The molecule has 1 aliphatic rings. The predicted octanol–water partition coefficient (Wildman–Crippen LogP) is 2.53. The van der Waals surface area contributed by atoms with E-state index in [0.717, 1.165) is 39.0 Å². The van der Waals surface area contributed by atoms with Gasteiger partial charge in [-0.3, -0.25) is 0 Å². The highest BCUT2D eigenvalue weighted by molar-refractivity contribution is 5.40. The van der Waals surface area contributed by atoms with Gasteiger partial charge in [-0.1, -0.05) is 13.8 Å². The fourth-order valence-corrected chi connectivity index (χ4v) is 2.79. The molecule has 3 nitrogen and oxygen atoms in total. The fourth-order valence-electron chi connectivity index (χ4n) is 2.79. The highest BCUT2D eigenvalue weighted by Crippen LogP contribution is 2.22. The minimum Gasteiger partial charge on any atom is -0.354 e. The Bertz CT molecular complexity index is 371. The van der Waals surface area contributed by atoms with E-state index < -0.39 is 0 Å². The quantitative estimate of drug-likeness (QED) is 0.819. The van der Waals surface area contributed by atoms with Crippen LogP contribution in [0.1, 0.15) is 26.7 Å². The lowest BCUT2D eigenvalue weighted by Crippen LogP contribution is -2.45. The summed E-state index contributed by atoms with van der Waals surface area (Å²) in [6.45, 7) is 8.39. The summed E-state index contributed by atoms with van der Waals surface area (Å²) in [5.74, 6) is 0.300. The monoisotopic (exact) mass is 251 g/mol. The molecule has 0 unspecified atom stereocenters. The zero-order valence-electron chi connectivity index (χ0n) is 11.3. The van der Waals surface area contributed by atoms with Crippen molar-refractivity contribution < 1.29 is 4.39 Å². The summed E-state index contributed by atoms with van der Waals surface area (Å²) in [4.78, 5) is 8.71. The Morgan fingerprint density at radius 2 is 2.00 bits per heavy atom. The molecule has 0 bridgehead atoms. The van der Waals surface area contributed by atoms with E-state index in [2.05, 4.69) is 28.6 Å². The van der Waals surface area contributed by atoms with Crippen LogP contribution in [0.4, 0.5) is 10.2 Å². The Hall–Kier alpha value is -1.16. The molecule has 0 atom stereocenters. The lowest BCUT2D eigenvalue weighted by molar-refractivity contribution is 0.186. The van der Waals surface area contributed by atoms with Crippen molar-refractivity contribution in [2.75, 3.05) is 31.1 Å². The molecule has 100 valence electrons. The minimum absolute atomic E-state index is 0.209. The van der Waals surface area contributed by atoms with Crippen molar-refractivity contribution >= 4 is 5.82 Å². The van der Waals surface area contributed by atoms with Gasteiger partial charge in [-0.05, 0) is 38.1 Å². The minimum atomic E-state index is -0.209. The highest BCUT2D eigenvalue weighted by Gasteiger charge is 2.24. The molecular formula is C14H22FN3. The zero-order valence-corrected chi connectivity index (χ0v) is 11.3. The van der Waals surface area contributed by atoms with Crippen LogP contribution in [0.25, 0.3) is 0 Å². The molecule has 1 aromatic heterocycles. The average Bonchev–Trinajstić information content (AvgIpc) is 2.42. The van der Waals surface area contributed by atoms with E-state index in [1.54, 1.807) is 12.3 Å². The molecule has 0 radical (unpaired) electrons. The Labute approximate surface area is 109 Å². The van der Waals surface area contributed by atoms with Gasteiger partial charge in [0.25, 0.3) is 0 Å². The number of hydrogen-bond donors (Lipinski definition) is 0. The number of nitrogens with zero attached hydrogens (tertiary/aromatic N) is 3. The maximum Gasteiger partial charge on any atom is 0.165 e. The molecule has 0 saturated carbocycles. The summed E-state index contributed by atoms with van der Waals surface area (Å²) < 4.78 is 13.6. The molecular weight excluding hydrogens is 229 g/mol. The predicted molar refractivity (Wildman–Crippen MR) is 72.4 cm³/mol. The van der Waals surface area contributed by atoms with Gasteiger partial charge in [0.05, 0.1) is 0 Å². The largest absolute Gasteiger partial charge is 0.354 e. The van der Waals surface area contributed by atoms with Gasteiger partial charge in [0, 0.05) is 25.3 Å². The van der Waals surface area contributed by atoms with Gasteiger partial charge in [-0.2, -0.15) is 0 Å². The first-order chi connectivity index (χ1) is 8.76. The maximum atomic E-state index is 13.6. The molecule has 18 heavy (non-hydrogen) atoms. The van der Waals surface area contributed by atoms with E-state index in [-0.39, 0.29) is 5.82 Å². The number of pyridine rings is 1. The van der Waals surface area contributed by atoms with Crippen LogP contribution in [-0.4, -0.2) is 42.1 Å². The Kier molecular flexibility index (Phi) is 4.53. The van der Waals surface area contributed by atoms with Crippen LogP contribution in [0.3, 0.4) is 0 Å². The first kappa shape index (κ1) is 13.3. The van der Waals surface area contributed by atoms with Gasteiger partial charge >= 0.3 is 0 Å². The van der Waals surface area contributed by atoms with E-state index in [1.165, 1.54) is 6.07 Å². The van der Waals surface area contributed by atoms with Crippen LogP contribution in [-0.2, 0) is 0 Å². The molecule has 0 aromatic carbocycles. The lowest BCUT2D eigenvalue weighted by atomic mass is 10.0. The van der Waals surface area contributed by atoms with Gasteiger partial charge in [-0.15, -0.1) is 0 Å². The lowest BCUT2D eigenvalue weighted by Gasteiger charge is -2.38. The van der Waals surface area contributed by atoms with Crippen molar-refractivity contribution in [3.63, 3.8) is 0 Å². The van der Waals surface area contributed by atoms with Gasteiger partial charge in [0.1, 0.15) is 0 Å². The highest BCUT2D eigenvalue weighted by atomic mass is 19.1. The molecule has 0 amide bonds. The Morgan fingerprint density at radius 1 is 1.33 bits per heavy atom. The van der Waals surface area contributed by atoms with Crippen LogP contribution in [0.15, 0.2) is 18.3 Å². The average molecular weight is 251 g/mol. The zero-order chi connectivity index (χ0) is 13.0. The normalized spacial score (nSPS) is 17.4. The van der Waals surface area contributed by atoms with E-state index >= 15 is 0 Å². The summed E-state index contributed by atoms with van der Waals surface area (Å²) >= 11 is 0. The van der Waals surface area contributed by atoms with Gasteiger partial charge in [-0.25, -0.2) is 9.37 Å². The SMILES string of the molecule is CCN(CC)C1CCN(c2ncccc2F)CC1.